The van der Waals surface area contributed by atoms with Crippen LogP contribution in [-0.4, -0.2) is 27.7 Å². The maximum absolute atomic E-state index is 13.8. The molecule has 0 aliphatic rings. The van der Waals surface area contributed by atoms with Gasteiger partial charge in [-0.3, -0.25) is 4.57 Å². The lowest BCUT2D eigenvalue weighted by atomic mass is 10.0. The zero-order chi connectivity index (χ0) is 27.6. The van der Waals surface area contributed by atoms with Crippen LogP contribution < -0.4 is 10.5 Å². The Morgan fingerprint density at radius 3 is 2.12 bits per heavy atom. The molecule has 0 atom stereocenters. The molecule has 2 heterocycles. The van der Waals surface area contributed by atoms with Crippen molar-refractivity contribution in [1.29, 1.82) is 0 Å². The minimum atomic E-state index is -0.491. The number of para-hydroxylation sites is 1. The summed E-state index contributed by atoms with van der Waals surface area (Å²) in [5.74, 6) is 0.518. The normalized spacial score (nSPS) is 11.2. The summed E-state index contributed by atoms with van der Waals surface area (Å²) in [5, 5.41) is 11.7. The molecule has 0 saturated heterocycles. The summed E-state index contributed by atoms with van der Waals surface area (Å²) in [6.45, 7) is 5.90. The van der Waals surface area contributed by atoms with Gasteiger partial charge in [0.1, 0.15) is 22.8 Å². The van der Waals surface area contributed by atoms with Crippen molar-refractivity contribution in [3.8, 4) is 45.3 Å². The minimum absolute atomic E-state index is 0.0713. The maximum atomic E-state index is 13.8. The molecule has 6 aromatic rings. The fraction of sp³-hybridized carbons (Fsp3) is 0.118. The Kier molecular flexibility index (Phi) is 6.66. The average Bonchev–Trinajstić information content (AvgIpc) is 3.38. The molecule has 0 aliphatic heterocycles. The summed E-state index contributed by atoms with van der Waals surface area (Å²) in [6.07, 6.45) is 0. The lowest BCUT2D eigenvalue weighted by Gasteiger charge is -2.21. The number of anilines is 1. The number of hydrogen-bond donors (Lipinski definition) is 1. The number of rotatable bonds is 7. The van der Waals surface area contributed by atoms with E-state index >= 15 is 0 Å². The highest BCUT2D eigenvalue weighted by Crippen LogP contribution is 2.40. The summed E-state index contributed by atoms with van der Waals surface area (Å²) in [6, 6.07) is 34.5. The third-order valence-electron chi connectivity index (χ3n) is 7.19. The number of benzene rings is 4. The van der Waals surface area contributed by atoms with Gasteiger partial charge in [0.2, 0.25) is 0 Å². The fourth-order valence-electron chi connectivity index (χ4n) is 5.19. The van der Waals surface area contributed by atoms with Crippen molar-refractivity contribution in [2.75, 3.05) is 18.0 Å². The molecule has 4 aromatic carbocycles. The first kappa shape index (κ1) is 25.2. The Bertz CT molecular complexity index is 1850. The van der Waals surface area contributed by atoms with E-state index in [1.54, 1.807) is 18.2 Å². The predicted molar refractivity (Wildman–Crippen MR) is 161 cm³/mol. The molecule has 0 unspecified atom stereocenters. The Morgan fingerprint density at radius 1 is 0.800 bits per heavy atom. The largest absolute Gasteiger partial charge is 0.507 e. The molecule has 2 aromatic heterocycles. The van der Waals surface area contributed by atoms with Gasteiger partial charge in [0.05, 0.1) is 17.0 Å². The van der Waals surface area contributed by atoms with Crippen LogP contribution in [0, 0.1) is 0 Å². The highest BCUT2D eigenvalue weighted by atomic mass is 16.4. The van der Waals surface area contributed by atoms with Gasteiger partial charge in [0.15, 0.2) is 0 Å². The van der Waals surface area contributed by atoms with Crippen LogP contribution in [0.15, 0.2) is 118 Å². The number of hydrogen-bond acceptors (Lipinski definition) is 5. The second kappa shape index (κ2) is 10.6. The zero-order valence-electron chi connectivity index (χ0n) is 22.4. The van der Waals surface area contributed by atoms with Crippen LogP contribution >= 0.6 is 0 Å². The molecule has 6 nitrogen and oxygen atoms in total. The van der Waals surface area contributed by atoms with Crippen molar-refractivity contribution in [1.82, 2.24) is 9.55 Å². The number of nitrogens with zero attached hydrogens (tertiary/aromatic N) is 3. The van der Waals surface area contributed by atoms with E-state index in [2.05, 4.69) is 18.7 Å². The molecular weight excluding hydrogens is 498 g/mol. The van der Waals surface area contributed by atoms with Crippen LogP contribution in [0.3, 0.4) is 0 Å². The van der Waals surface area contributed by atoms with E-state index in [0.717, 1.165) is 41.0 Å². The van der Waals surface area contributed by atoms with Crippen LogP contribution in [0.5, 0.6) is 5.75 Å². The second-order valence-electron chi connectivity index (χ2n) is 9.53. The lowest BCUT2D eigenvalue weighted by Crippen LogP contribution is -2.21. The number of imidazole rings is 1. The summed E-state index contributed by atoms with van der Waals surface area (Å²) in [7, 11) is 0. The SMILES string of the molecule is CCN(CC)c1ccc2cc(-n3c(-c4ccccc4O)nc(-c4ccccc4)c3-c3ccccc3)c(=O)oc2c1. The zero-order valence-corrected chi connectivity index (χ0v) is 22.4. The molecule has 6 rings (SSSR count). The van der Waals surface area contributed by atoms with Crippen LogP contribution in [-0.2, 0) is 0 Å². The Hall–Kier alpha value is -5.10. The molecule has 0 amide bonds. The van der Waals surface area contributed by atoms with Crippen LogP contribution in [0.2, 0.25) is 0 Å². The van der Waals surface area contributed by atoms with Gasteiger partial charge in [0, 0.05) is 41.4 Å². The Morgan fingerprint density at radius 2 is 1.45 bits per heavy atom. The Labute approximate surface area is 232 Å². The number of phenols is 1. The standard InChI is InChI=1S/C34H29N3O3/c1-3-36(4-2)26-20-19-25-21-28(34(39)40-30(25)22-26)37-32(24-15-9-6-10-16-24)31(23-13-7-5-8-14-23)35-33(37)27-17-11-12-18-29(27)38/h5-22,38H,3-4H2,1-2H3. The number of phenolic OH excluding ortho intramolecular Hbond substituents is 1. The number of aromatic hydroxyl groups is 1. The molecule has 40 heavy (non-hydrogen) atoms. The van der Waals surface area contributed by atoms with Gasteiger partial charge in [-0.15, -0.1) is 0 Å². The molecule has 0 spiro atoms. The molecule has 6 heteroatoms. The van der Waals surface area contributed by atoms with Gasteiger partial charge in [0.25, 0.3) is 0 Å². The van der Waals surface area contributed by atoms with Crippen molar-refractivity contribution in [2.24, 2.45) is 0 Å². The molecule has 0 bridgehead atoms. The molecular formula is C34H29N3O3. The number of fused-ring (bicyclic) bond motifs is 1. The quantitative estimate of drug-likeness (QED) is 0.217. The summed E-state index contributed by atoms with van der Waals surface area (Å²) in [4.78, 5) is 21.0. The monoisotopic (exact) mass is 527 g/mol. The van der Waals surface area contributed by atoms with E-state index in [-0.39, 0.29) is 5.75 Å². The van der Waals surface area contributed by atoms with Crippen molar-refractivity contribution in [2.45, 2.75) is 13.8 Å². The molecule has 198 valence electrons. The van der Waals surface area contributed by atoms with E-state index in [4.69, 9.17) is 9.40 Å². The van der Waals surface area contributed by atoms with Crippen molar-refractivity contribution >= 4 is 16.7 Å². The van der Waals surface area contributed by atoms with Gasteiger partial charge in [-0.2, -0.15) is 0 Å². The van der Waals surface area contributed by atoms with E-state index in [9.17, 15) is 9.90 Å². The van der Waals surface area contributed by atoms with Crippen LogP contribution in [0.1, 0.15) is 13.8 Å². The first-order chi connectivity index (χ1) is 19.6. The summed E-state index contributed by atoms with van der Waals surface area (Å²) >= 11 is 0. The maximum Gasteiger partial charge on any atom is 0.360 e. The van der Waals surface area contributed by atoms with Gasteiger partial charge < -0.3 is 14.4 Å². The van der Waals surface area contributed by atoms with E-state index in [1.807, 2.05) is 95.6 Å². The third-order valence-corrected chi connectivity index (χ3v) is 7.19. The minimum Gasteiger partial charge on any atom is -0.507 e. The van der Waals surface area contributed by atoms with Gasteiger partial charge >= 0.3 is 5.63 Å². The number of aromatic nitrogens is 2. The van der Waals surface area contributed by atoms with Crippen molar-refractivity contribution in [3.63, 3.8) is 0 Å². The van der Waals surface area contributed by atoms with Gasteiger partial charge in [-0.25, -0.2) is 9.78 Å². The topological polar surface area (TPSA) is 71.5 Å². The first-order valence-corrected chi connectivity index (χ1v) is 13.4. The molecule has 1 N–H and O–H groups in total. The smallest absolute Gasteiger partial charge is 0.360 e. The average molecular weight is 528 g/mol. The Balaban J connectivity index is 1.69. The van der Waals surface area contributed by atoms with E-state index in [1.165, 1.54) is 0 Å². The van der Waals surface area contributed by atoms with Crippen molar-refractivity contribution in [3.05, 3.63) is 120 Å². The fourth-order valence-corrected chi connectivity index (χ4v) is 5.19. The third kappa shape index (κ3) is 4.43. The van der Waals surface area contributed by atoms with E-state index in [0.29, 0.717) is 28.4 Å². The highest BCUT2D eigenvalue weighted by molar-refractivity contribution is 5.87. The summed E-state index contributed by atoms with van der Waals surface area (Å²) < 4.78 is 7.78. The van der Waals surface area contributed by atoms with Crippen molar-refractivity contribution < 1.29 is 9.52 Å². The highest BCUT2D eigenvalue weighted by Gasteiger charge is 2.26. The van der Waals surface area contributed by atoms with Crippen LogP contribution in [0.25, 0.3) is 50.6 Å². The van der Waals surface area contributed by atoms with Crippen LogP contribution in [0.4, 0.5) is 5.69 Å². The molecule has 0 radical (unpaired) electrons. The molecule has 0 aliphatic carbocycles. The lowest BCUT2D eigenvalue weighted by molar-refractivity contribution is 0.476. The predicted octanol–water partition coefficient (Wildman–Crippen LogP) is 7.53. The van der Waals surface area contributed by atoms with Gasteiger partial charge in [-0.05, 0) is 44.2 Å². The van der Waals surface area contributed by atoms with E-state index < -0.39 is 5.63 Å². The second-order valence-corrected chi connectivity index (χ2v) is 9.53. The van der Waals surface area contributed by atoms with Gasteiger partial charge in [-0.1, -0.05) is 72.8 Å². The first-order valence-electron chi connectivity index (χ1n) is 13.4. The molecule has 0 saturated carbocycles. The molecule has 0 fully saturated rings. The summed E-state index contributed by atoms with van der Waals surface area (Å²) in [5.41, 5.74) is 5.06.